The highest BCUT2D eigenvalue weighted by molar-refractivity contribution is 5.63. The van der Waals surface area contributed by atoms with E-state index in [0.717, 1.165) is 12.0 Å². The summed E-state index contributed by atoms with van der Waals surface area (Å²) in [6.45, 7) is 4.12. The zero-order chi connectivity index (χ0) is 15.3. The summed E-state index contributed by atoms with van der Waals surface area (Å²) < 4.78 is 10.6. The van der Waals surface area contributed by atoms with Crippen LogP contribution < -0.4 is 4.74 Å². The molecule has 0 amide bonds. The quantitative estimate of drug-likeness (QED) is 0.810. The number of hydrogen-bond acceptors (Lipinski definition) is 5. The lowest BCUT2D eigenvalue weighted by Crippen LogP contribution is -2.18. The number of hydrogen-bond donors (Lipinski definition) is 0. The van der Waals surface area contributed by atoms with Crippen LogP contribution in [0, 0.1) is 16.7 Å². The zero-order valence-electron chi connectivity index (χ0n) is 12.6. The average Bonchev–Trinajstić information content (AvgIpc) is 2.95. The lowest BCUT2D eigenvalue weighted by atomic mass is 9.81. The molecule has 1 atom stereocenters. The molecule has 0 fully saturated rings. The third-order valence-corrected chi connectivity index (χ3v) is 3.75. The monoisotopic (exact) mass is 285 g/mol. The lowest BCUT2D eigenvalue weighted by molar-refractivity contribution is 0.266. The van der Waals surface area contributed by atoms with Crippen LogP contribution in [-0.2, 0) is 6.42 Å². The first-order valence-corrected chi connectivity index (χ1v) is 6.95. The number of nitrogens with zero attached hydrogens (tertiary/aromatic N) is 3. The molecule has 0 bridgehead atoms. The molecule has 110 valence electrons. The van der Waals surface area contributed by atoms with Crippen LogP contribution in [0.5, 0.6) is 5.75 Å². The summed E-state index contributed by atoms with van der Waals surface area (Å²) in [5, 5.41) is 13.0. The van der Waals surface area contributed by atoms with E-state index < -0.39 is 0 Å². The van der Waals surface area contributed by atoms with Crippen LogP contribution in [0.15, 0.2) is 28.8 Å². The molecule has 5 nitrogen and oxygen atoms in total. The fraction of sp³-hybridized carbons (Fsp3) is 0.438. The van der Waals surface area contributed by atoms with Crippen molar-refractivity contribution in [3.63, 3.8) is 0 Å². The van der Waals surface area contributed by atoms with E-state index in [2.05, 4.69) is 30.1 Å². The second kappa shape index (κ2) is 6.40. The van der Waals surface area contributed by atoms with Gasteiger partial charge in [0.1, 0.15) is 5.75 Å². The van der Waals surface area contributed by atoms with Crippen LogP contribution >= 0.6 is 0 Å². The largest absolute Gasteiger partial charge is 0.496 e. The molecule has 0 radical (unpaired) electrons. The van der Waals surface area contributed by atoms with Crippen LogP contribution in [0.25, 0.3) is 11.4 Å². The second-order valence-electron chi connectivity index (χ2n) is 5.39. The number of aromatic nitrogens is 2. The topological polar surface area (TPSA) is 71.9 Å². The summed E-state index contributed by atoms with van der Waals surface area (Å²) in [5.41, 5.74) is 0.660. The lowest BCUT2D eigenvalue weighted by Gasteiger charge is -2.22. The van der Waals surface area contributed by atoms with Crippen molar-refractivity contribution in [2.45, 2.75) is 33.1 Å². The summed E-state index contributed by atoms with van der Waals surface area (Å²) in [5.74, 6) is 1.77. The molecule has 0 N–H and O–H groups in total. The van der Waals surface area contributed by atoms with Crippen LogP contribution in [0.4, 0.5) is 0 Å². The van der Waals surface area contributed by atoms with Crippen molar-refractivity contribution in [3.05, 3.63) is 30.2 Å². The summed E-state index contributed by atoms with van der Waals surface area (Å²) in [6.07, 6.45) is 1.95. The minimum Gasteiger partial charge on any atom is -0.496 e. The predicted octanol–water partition coefficient (Wildman–Crippen LogP) is 3.62. The minimum atomic E-state index is -0.140. The van der Waals surface area contributed by atoms with Crippen molar-refractivity contribution in [1.82, 2.24) is 10.1 Å². The molecule has 1 aromatic carbocycles. The number of ether oxygens (including phenoxy) is 1. The third kappa shape index (κ3) is 3.40. The van der Waals surface area contributed by atoms with Crippen molar-refractivity contribution >= 4 is 0 Å². The number of benzene rings is 1. The maximum Gasteiger partial charge on any atom is 0.227 e. The van der Waals surface area contributed by atoms with Crippen LogP contribution in [-0.4, -0.2) is 17.3 Å². The fourth-order valence-electron chi connectivity index (χ4n) is 2.13. The fourth-order valence-corrected chi connectivity index (χ4v) is 2.13. The van der Waals surface area contributed by atoms with Gasteiger partial charge in [-0.25, -0.2) is 0 Å². The number of methoxy groups -OCH3 is 1. The van der Waals surface area contributed by atoms with Crippen molar-refractivity contribution in [1.29, 1.82) is 5.26 Å². The Hall–Kier alpha value is -2.35. The summed E-state index contributed by atoms with van der Waals surface area (Å²) in [6, 6.07) is 9.77. The molecule has 2 aromatic rings. The van der Waals surface area contributed by atoms with Crippen LogP contribution in [0.2, 0.25) is 0 Å². The Bertz CT molecular complexity index is 645. The Morgan fingerprint density at radius 1 is 1.38 bits per heavy atom. The van der Waals surface area contributed by atoms with Crippen molar-refractivity contribution in [3.8, 4) is 23.2 Å². The third-order valence-electron chi connectivity index (χ3n) is 3.75. The molecule has 0 spiro atoms. The number of nitriles is 1. The molecule has 0 aliphatic rings. The maximum atomic E-state index is 8.93. The SMILES string of the molecule is CCC(C)(CC#N)Cc1nc(-c2ccccc2OC)no1. The van der Waals surface area contributed by atoms with Gasteiger partial charge in [-0.2, -0.15) is 10.2 Å². The van der Waals surface area contributed by atoms with E-state index in [1.807, 2.05) is 24.3 Å². The van der Waals surface area contributed by atoms with Gasteiger partial charge in [-0.3, -0.25) is 0 Å². The summed E-state index contributed by atoms with van der Waals surface area (Å²) >= 11 is 0. The van der Waals surface area contributed by atoms with Gasteiger partial charge in [0, 0.05) is 12.8 Å². The summed E-state index contributed by atoms with van der Waals surface area (Å²) in [7, 11) is 1.61. The van der Waals surface area contributed by atoms with Gasteiger partial charge in [0.25, 0.3) is 0 Å². The molecular formula is C16H19N3O2. The van der Waals surface area contributed by atoms with Crippen LogP contribution in [0.1, 0.15) is 32.6 Å². The molecule has 2 rings (SSSR count). The maximum absolute atomic E-state index is 8.93. The van der Waals surface area contributed by atoms with Gasteiger partial charge in [0.05, 0.1) is 18.7 Å². The molecular weight excluding hydrogens is 266 g/mol. The Morgan fingerprint density at radius 3 is 2.81 bits per heavy atom. The Morgan fingerprint density at radius 2 is 2.14 bits per heavy atom. The standard InChI is InChI=1S/C16H19N3O2/c1-4-16(2,9-10-17)11-14-18-15(19-21-14)12-7-5-6-8-13(12)20-3/h5-8H,4,9,11H2,1-3H3. The average molecular weight is 285 g/mol. The highest BCUT2D eigenvalue weighted by Gasteiger charge is 2.26. The van der Waals surface area contributed by atoms with Gasteiger partial charge in [-0.15, -0.1) is 0 Å². The molecule has 5 heteroatoms. The molecule has 1 unspecified atom stereocenters. The minimum absolute atomic E-state index is 0.140. The molecule has 0 saturated heterocycles. The Balaban J connectivity index is 2.24. The smallest absolute Gasteiger partial charge is 0.227 e. The van der Waals surface area contributed by atoms with Gasteiger partial charge in [-0.1, -0.05) is 31.1 Å². The van der Waals surface area contributed by atoms with Gasteiger partial charge >= 0.3 is 0 Å². The van der Waals surface area contributed by atoms with Crippen molar-refractivity contribution < 1.29 is 9.26 Å². The van der Waals surface area contributed by atoms with E-state index in [1.165, 1.54) is 0 Å². The first-order chi connectivity index (χ1) is 10.1. The van der Waals surface area contributed by atoms with Gasteiger partial charge in [-0.05, 0) is 24.0 Å². The van der Waals surface area contributed by atoms with Crippen molar-refractivity contribution in [2.75, 3.05) is 7.11 Å². The van der Waals surface area contributed by atoms with Crippen molar-refractivity contribution in [2.24, 2.45) is 5.41 Å². The van der Waals surface area contributed by atoms with E-state index in [-0.39, 0.29) is 5.41 Å². The first-order valence-electron chi connectivity index (χ1n) is 6.95. The van der Waals surface area contributed by atoms with Gasteiger partial charge < -0.3 is 9.26 Å². The Labute approximate surface area is 124 Å². The van der Waals surface area contributed by atoms with Gasteiger partial charge in [0.2, 0.25) is 11.7 Å². The van der Waals surface area contributed by atoms with E-state index in [4.69, 9.17) is 14.5 Å². The highest BCUT2D eigenvalue weighted by atomic mass is 16.5. The first kappa shape index (κ1) is 15.0. The Kier molecular flexibility index (Phi) is 4.59. The van der Waals surface area contributed by atoms with E-state index >= 15 is 0 Å². The van der Waals surface area contributed by atoms with Crippen LogP contribution in [0.3, 0.4) is 0 Å². The second-order valence-corrected chi connectivity index (χ2v) is 5.39. The van der Waals surface area contributed by atoms with E-state index in [0.29, 0.717) is 30.3 Å². The zero-order valence-corrected chi connectivity index (χ0v) is 12.6. The normalized spacial score (nSPS) is 13.4. The molecule has 1 heterocycles. The molecule has 0 saturated carbocycles. The van der Waals surface area contributed by atoms with E-state index in [9.17, 15) is 0 Å². The number of rotatable bonds is 6. The van der Waals surface area contributed by atoms with Gasteiger partial charge in [0.15, 0.2) is 0 Å². The van der Waals surface area contributed by atoms with E-state index in [1.54, 1.807) is 7.11 Å². The molecule has 0 aliphatic carbocycles. The highest BCUT2D eigenvalue weighted by Crippen LogP contribution is 2.31. The summed E-state index contributed by atoms with van der Waals surface area (Å²) in [4.78, 5) is 4.44. The molecule has 21 heavy (non-hydrogen) atoms. The molecule has 1 aromatic heterocycles. The number of para-hydroxylation sites is 1. The predicted molar refractivity (Wildman–Crippen MR) is 78.6 cm³/mol. The molecule has 0 aliphatic heterocycles.